The molecule has 148 valence electrons. The normalized spacial score (nSPS) is 20.1. The lowest BCUT2D eigenvalue weighted by atomic mass is 9.92. The number of amides is 2. The number of nitrogens with zero attached hydrogens (tertiary/aromatic N) is 2. The molecule has 2 fully saturated rings. The molecule has 0 spiro atoms. The van der Waals surface area contributed by atoms with Gasteiger partial charge in [-0.1, -0.05) is 31.5 Å². The van der Waals surface area contributed by atoms with E-state index in [2.05, 4.69) is 10.2 Å². The third-order valence-corrected chi connectivity index (χ3v) is 6.01. The molecule has 0 aromatic heterocycles. The van der Waals surface area contributed by atoms with Crippen LogP contribution in [0.4, 0.5) is 5.69 Å². The van der Waals surface area contributed by atoms with Crippen molar-refractivity contribution in [3.05, 3.63) is 29.8 Å². The van der Waals surface area contributed by atoms with E-state index in [0.717, 1.165) is 57.5 Å². The molecule has 5 heteroatoms. The molecule has 2 amide bonds. The molecule has 0 atom stereocenters. The van der Waals surface area contributed by atoms with Gasteiger partial charge in [0.2, 0.25) is 11.8 Å². The molecule has 2 aliphatic rings. The smallest absolute Gasteiger partial charge is 0.227 e. The minimum absolute atomic E-state index is 0.0873. The second-order valence-corrected chi connectivity index (χ2v) is 8.38. The molecule has 0 bridgehead atoms. The molecule has 2 saturated heterocycles. The summed E-state index contributed by atoms with van der Waals surface area (Å²) in [6, 6.07) is 8.54. The van der Waals surface area contributed by atoms with Gasteiger partial charge in [-0.05, 0) is 57.8 Å². The minimum atomic E-state index is 0.0873. The monoisotopic (exact) mass is 371 g/mol. The zero-order valence-corrected chi connectivity index (χ0v) is 16.9. The van der Waals surface area contributed by atoms with Crippen molar-refractivity contribution >= 4 is 17.5 Å². The van der Waals surface area contributed by atoms with Crippen molar-refractivity contribution in [3.63, 3.8) is 0 Å². The standard InChI is InChI=1S/C22H33N3O2/c1-16(2)22(27)25-14-10-20(11-15-25)24-12-8-18(9-13-24)21(26)23-19-6-4-17(3)5-7-19/h4-7,16,18,20H,8-15H2,1-3H3,(H,23,26). The second kappa shape index (κ2) is 8.87. The lowest BCUT2D eigenvalue weighted by molar-refractivity contribution is -0.136. The first-order valence-corrected chi connectivity index (χ1v) is 10.3. The molecule has 0 unspecified atom stereocenters. The molecule has 2 heterocycles. The first-order chi connectivity index (χ1) is 12.9. The summed E-state index contributed by atoms with van der Waals surface area (Å²) in [4.78, 5) is 29.2. The molecule has 1 N–H and O–H groups in total. The molecule has 5 nitrogen and oxygen atoms in total. The van der Waals surface area contributed by atoms with Gasteiger partial charge in [0.1, 0.15) is 0 Å². The van der Waals surface area contributed by atoms with E-state index >= 15 is 0 Å². The Hall–Kier alpha value is -1.88. The molecule has 2 aliphatic heterocycles. The molecule has 1 aromatic rings. The lowest BCUT2D eigenvalue weighted by Gasteiger charge is -2.41. The molecular weight excluding hydrogens is 338 g/mol. The van der Waals surface area contributed by atoms with Crippen molar-refractivity contribution in [1.29, 1.82) is 0 Å². The number of nitrogens with one attached hydrogen (secondary N) is 1. The second-order valence-electron chi connectivity index (χ2n) is 8.38. The molecular formula is C22H33N3O2. The van der Waals surface area contributed by atoms with Gasteiger partial charge in [-0.25, -0.2) is 0 Å². The van der Waals surface area contributed by atoms with E-state index in [0.29, 0.717) is 6.04 Å². The summed E-state index contributed by atoms with van der Waals surface area (Å²) in [5.74, 6) is 0.616. The van der Waals surface area contributed by atoms with E-state index in [1.54, 1.807) is 0 Å². The molecule has 0 aliphatic carbocycles. The predicted molar refractivity (Wildman–Crippen MR) is 109 cm³/mol. The van der Waals surface area contributed by atoms with Gasteiger partial charge in [-0.15, -0.1) is 0 Å². The number of hydrogen-bond acceptors (Lipinski definition) is 3. The summed E-state index contributed by atoms with van der Waals surface area (Å²) in [7, 11) is 0. The van der Waals surface area contributed by atoms with E-state index in [4.69, 9.17) is 0 Å². The number of rotatable bonds is 4. The van der Waals surface area contributed by atoms with Crippen LogP contribution < -0.4 is 5.32 Å². The molecule has 1 aromatic carbocycles. The highest BCUT2D eigenvalue weighted by Gasteiger charge is 2.32. The summed E-state index contributed by atoms with van der Waals surface area (Å²) < 4.78 is 0. The maximum atomic E-state index is 12.5. The molecule has 3 rings (SSSR count). The highest BCUT2D eigenvalue weighted by atomic mass is 16.2. The Labute approximate surface area is 163 Å². The van der Waals surface area contributed by atoms with E-state index in [1.165, 1.54) is 5.56 Å². The Morgan fingerprint density at radius 2 is 1.56 bits per heavy atom. The van der Waals surface area contributed by atoms with Crippen molar-refractivity contribution in [3.8, 4) is 0 Å². The van der Waals surface area contributed by atoms with Crippen molar-refractivity contribution in [2.24, 2.45) is 11.8 Å². The van der Waals surface area contributed by atoms with Gasteiger partial charge in [0.25, 0.3) is 0 Å². The van der Waals surface area contributed by atoms with E-state index in [1.807, 2.05) is 49.9 Å². The van der Waals surface area contributed by atoms with Gasteiger partial charge >= 0.3 is 0 Å². The van der Waals surface area contributed by atoms with Crippen LogP contribution in [0.1, 0.15) is 45.1 Å². The van der Waals surface area contributed by atoms with Crippen LogP contribution in [-0.2, 0) is 9.59 Å². The van der Waals surface area contributed by atoms with Crippen LogP contribution >= 0.6 is 0 Å². The van der Waals surface area contributed by atoms with Gasteiger partial charge in [0.05, 0.1) is 0 Å². The van der Waals surface area contributed by atoms with Gasteiger partial charge in [0, 0.05) is 36.7 Å². The third-order valence-electron chi connectivity index (χ3n) is 6.01. The van der Waals surface area contributed by atoms with Crippen LogP contribution in [0.5, 0.6) is 0 Å². The van der Waals surface area contributed by atoms with Crippen molar-refractivity contribution in [1.82, 2.24) is 9.80 Å². The van der Waals surface area contributed by atoms with E-state index in [-0.39, 0.29) is 23.7 Å². The fraction of sp³-hybridized carbons (Fsp3) is 0.636. The van der Waals surface area contributed by atoms with Crippen molar-refractivity contribution in [2.45, 2.75) is 52.5 Å². The predicted octanol–water partition coefficient (Wildman–Crippen LogP) is 3.29. The molecule has 0 saturated carbocycles. The zero-order valence-electron chi connectivity index (χ0n) is 16.9. The van der Waals surface area contributed by atoms with Crippen LogP contribution in [-0.4, -0.2) is 53.8 Å². The van der Waals surface area contributed by atoms with Crippen LogP contribution in [0.25, 0.3) is 0 Å². The topological polar surface area (TPSA) is 52.7 Å². The van der Waals surface area contributed by atoms with Crippen LogP contribution in [0.2, 0.25) is 0 Å². The quantitative estimate of drug-likeness (QED) is 0.884. The maximum absolute atomic E-state index is 12.5. The fourth-order valence-corrected chi connectivity index (χ4v) is 4.22. The Morgan fingerprint density at radius 3 is 2.11 bits per heavy atom. The number of piperidine rings is 2. The number of anilines is 1. The average molecular weight is 372 g/mol. The SMILES string of the molecule is Cc1ccc(NC(=O)C2CCN(C3CCN(C(=O)C(C)C)CC3)CC2)cc1. The van der Waals surface area contributed by atoms with Crippen molar-refractivity contribution < 1.29 is 9.59 Å². The maximum Gasteiger partial charge on any atom is 0.227 e. The van der Waals surface area contributed by atoms with Gasteiger partial charge in [0.15, 0.2) is 0 Å². The Bertz CT molecular complexity index is 640. The van der Waals surface area contributed by atoms with Crippen LogP contribution in [0.15, 0.2) is 24.3 Å². The van der Waals surface area contributed by atoms with Gasteiger partial charge in [-0.3, -0.25) is 9.59 Å². The number of carbonyl (C=O) groups excluding carboxylic acids is 2. The first-order valence-electron chi connectivity index (χ1n) is 10.3. The highest BCUT2D eigenvalue weighted by Crippen LogP contribution is 2.25. The van der Waals surface area contributed by atoms with Crippen LogP contribution in [0.3, 0.4) is 0 Å². The summed E-state index contributed by atoms with van der Waals surface area (Å²) in [5.41, 5.74) is 2.08. The van der Waals surface area contributed by atoms with E-state index in [9.17, 15) is 9.59 Å². The Morgan fingerprint density at radius 1 is 0.963 bits per heavy atom. The highest BCUT2D eigenvalue weighted by molar-refractivity contribution is 5.92. The van der Waals surface area contributed by atoms with Crippen molar-refractivity contribution in [2.75, 3.05) is 31.5 Å². The first kappa shape index (κ1) is 19.9. The largest absolute Gasteiger partial charge is 0.342 e. The summed E-state index contributed by atoms with van der Waals surface area (Å²) in [5, 5.41) is 3.06. The number of carbonyl (C=O) groups is 2. The minimum Gasteiger partial charge on any atom is -0.342 e. The molecule has 27 heavy (non-hydrogen) atoms. The van der Waals surface area contributed by atoms with E-state index < -0.39 is 0 Å². The number of hydrogen-bond donors (Lipinski definition) is 1. The summed E-state index contributed by atoms with van der Waals surface area (Å²) >= 11 is 0. The number of aryl methyl sites for hydroxylation is 1. The van der Waals surface area contributed by atoms with Gasteiger partial charge < -0.3 is 15.1 Å². The third kappa shape index (κ3) is 5.10. The summed E-state index contributed by atoms with van der Waals surface area (Å²) in [6.45, 7) is 9.70. The fourth-order valence-electron chi connectivity index (χ4n) is 4.22. The average Bonchev–Trinajstić information content (AvgIpc) is 2.69. The zero-order chi connectivity index (χ0) is 19.4. The lowest BCUT2D eigenvalue weighted by Crippen LogP contribution is -2.50. The molecule has 0 radical (unpaired) electrons. The Kier molecular flexibility index (Phi) is 6.53. The summed E-state index contributed by atoms with van der Waals surface area (Å²) in [6.07, 6.45) is 3.95. The Balaban J connectivity index is 1.43. The number of likely N-dealkylation sites (tertiary alicyclic amines) is 2. The number of benzene rings is 1. The van der Waals surface area contributed by atoms with Gasteiger partial charge in [-0.2, -0.15) is 0 Å². The van der Waals surface area contributed by atoms with Crippen LogP contribution in [0, 0.1) is 18.8 Å².